The maximum atomic E-state index is 5.67. The highest BCUT2D eigenvalue weighted by Crippen LogP contribution is 2.24. The molecular formula is C15H26N2S. The number of nitrogens with two attached hydrogens (primary N) is 1. The standard InChI is InChI=1S/C15H26N2S/c1-5-12(4)18-10-15(17-16)14-8-6-13(7-9-14)11(2)3/h6-9,11-12,15,17H,5,10,16H2,1-4H3. The van der Waals surface area contributed by atoms with Gasteiger partial charge in [-0.05, 0) is 23.5 Å². The van der Waals surface area contributed by atoms with Crippen molar-refractivity contribution < 1.29 is 0 Å². The maximum Gasteiger partial charge on any atom is 0.0550 e. The molecule has 1 rings (SSSR count). The van der Waals surface area contributed by atoms with Crippen LogP contribution < -0.4 is 11.3 Å². The molecule has 2 nitrogen and oxygen atoms in total. The summed E-state index contributed by atoms with van der Waals surface area (Å²) < 4.78 is 0. The van der Waals surface area contributed by atoms with E-state index in [0.29, 0.717) is 11.2 Å². The van der Waals surface area contributed by atoms with Crippen LogP contribution in [0.1, 0.15) is 57.2 Å². The number of hydrogen-bond donors (Lipinski definition) is 2. The molecule has 0 aliphatic rings. The van der Waals surface area contributed by atoms with Crippen LogP contribution in [0.15, 0.2) is 24.3 Å². The smallest absolute Gasteiger partial charge is 0.0550 e. The average molecular weight is 266 g/mol. The predicted molar refractivity (Wildman–Crippen MR) is 82.8 cm³/mol. The lowest BCUT2D eigenvalue weighted by Gasteiger charge is -2.19. The molecule has 0 radical (unpaired) electrons. The van der Waals surface area contributed by atoms with Crippen molar-refractivity contribution in [2.45, 2.75) is 51.3 Å². The number of rotatable bonds is 7. The minimum absolute atomic E-state index is 0.241. The molecule has 1 aromatic carbocycles. The van der Waals surface area contributed by atoms with E-state index in [0.717, 1.165) is 5.75 Å². The molecule has 0 heterocycles. The zero-order valence-corrected chi connectivity index (χ0v) is 12.8. The predicted octanol–water partition coefficient (Wildman–Crippen LogP) is 3.85. The summed E-state index contributed by atoms with van der Waals surface area (Å²) in [5, 5.41) is 0.691. The molecule has 0 bridgehead atoms. The molecule has 0 spiro atoms. The van der Waals surface area contributed by atoms with Crippen molar-refractivity contribution in [3.63, 3.8) is 0 Å². The van der Waals surface area contributed by atoms with Crippen LogP contribution in [-0.2, 0) is 0 Å². The van der Waals surface area contributed by atoms with Crippen molar-refractivity contribution >= 4 is 11.8 Å². The Balaban J connectivity index is 2.64. The van der Waals surface area contributed by atoms with E-state index in [4.69, 9.17) is 5.84 Å². The number of benzene rings is 1. The maximum absolute atomic E-state index is 5.67. The second-order valence-electron chi connectivity index (χ2n) is 5.09. The summed E-state index contributed by atoms with van der Waals surface area (Å²) in [5.74, 6) is 7.27. The Morgan fingerprint density at radius 3 is 2.11 bits per heavy atom. The molecule has 102 valence electrons. The number of nitrogens with one attached hydrogen (secondary N) is 1. The number of hydrogen-bond acceptors (Lipinski definition) is 3. The summed E-state index contributed by atoms with van der Waals surface area (Å²) >= 11 is 1.97. The Labute approximate surface area is 116 Å². The van der Waals surface area contributed by atoms with Gasteiger partial charge in [-0.3, -0.25) is 11.3 Å². The van der Waals surface area contributed by atoms with Gasteiger partial charge in [0.2, 0.25) is 0 Å². The number of thioether (sulfide) groups is 1. The third-order valence-electron chi connectivity index (χ3n) is 3.33. The molecule has 0 amide bonds. The lowest BCUT2D eigenvalue weighted by Crippen LogP contribution is -2.30. The van der Waals surface area contributed by atoms with Crippen LogP contribution in [0.2, 0.25) is 0 Å². The van der Waals surface area contributed by atoms with Gasteiger partial charge in [0, 0.05) is 11.0 Å². The second kappa shape index (κ2) is 7.82. The van der Waals surface area contributed by atoms with Crippen LogP contribution in [0.25, 0.3) is 0 Å². The molecule has 3 heteroatoms. The topological polar surface area (TPSA) is 38.0 Å². The van der Waals surface area contributed by atoms with E-state index in [9.17, 15) is 0 Å². The Bertz CT molecular complexity index is 335. The summed E-state index contributed by atoms with van der Waals surface area (Å²) in [5.41, 5.74) is 5.58. The summed E-state index contributed by atoms with van der Waals surface area (Å²) in [4.78, 5) is 0. The number of hydrazine groups is 1. The highest BCUT2D eigenvalue weighted by Gasteiger charge is 2.11. The van der Waals surface area contributed by atoms with Gasteiger partial charge in [0.15, 0.2) is 0 Å². The molecule has 0 saturated heterocycles. The van der Waals surface area contributed by atoms with Crippen LogP contribution in [0, 0.1) is 0 Å². The van der Waals surface area contributed by atoms with Crippen LogP contribution >= 0.6 is 11.8 Å². The van der Waals surface area contributed by atoms with Crippen LogP contribution in [0.5, 0.6) is 0 Å². The van der Waals surface area contributed by atoms with Crippen LogP contribution in [0.3, 0.4) is 0 Å². The first kappa shape index (κ1) is 15.5. The van der Waals surface area contributed by atoms with Gasteiger partial charge in [-0.25, -0.2) is 0 Å². The molecule has 2 atom stereocenters. The van der Waals surface area contributed by atoms with Gasteiger partial charge in [-0.1, -0.05) is 52.0 Å². The molecule has 3 N–H and O–H groups in total. The van der Waals surface area contributed by atoms with Gasteiger partial charge >= 0.3 is 0 Å². The fourth-order valence-electron chi connectivity index (χ4n) is 1.73. The van der Waals surface area contributed by atoms with Gasteiger partial charge in [0.05, 0.1) is 6.04 Å². The van der Waals surface area contributed by atoms with E-state index in [-0.39, 0.29) is 6.04 Å². The first-order valence-electron chi connectivity index (χ1n) is 6.76. The van der Waals surface area contributed by atoms with E-state index in [2.05, 4.69) is 57.4 Å². The normalized spacial score (nSPS) is 14.8. The van der Waals surface area contributed by atoms with Crippen molar-refractivity contribution in [2.75, 3.05) is 5.75 Å². The second-order valence-corrected chi connectivity index (χ2v) is 6.56. The zero-order valence-electron chi connectivity index (χ0n) is 11.9. The highest BCUT2D eigenvalue weighted by molar-refractivity contribution is 7.99. The van der Waals surface area contributed by atoms with Gasteiger partial charge < -0.3 is 0 Å². The van der Waals surface area contributed by atoms with Gasteiger partial charge in [-0.2, -0.15) is 11.8 Å². The summed E-state index contributed by atoms with van der Waals surface area (Å²) in [6, 6.07) is 9.04. The SMILES string of the molecule is CCC(C)SCC(NN)c1ccc(C(C)C)cc1. The molecule has 0 saturated carbocycles. The molecule has 2 unspecified atom stereocenters. The van der Waals surface area contributed by atoms with Gasteiger partial charge in [-0.15, -0.1) is 0 Å². The van der Waals surface area contributed by atoms with E-state index in [1.165, 1.54) is 17.5 Å². The Hall–Kier alpha value is -0.510. The van der Waals surface area contributed by atoms with Gasteiger partial charge in [0.25, 0.3) is 0 Å². The van der Waals surface area contributed by atoms with Crippen molar-refractivity contribution in [3.05, 3.63) is 35.4 Å². The summed E-state index contributed by atoms with van der Waals surface area (Å²) in [6.45, 7) is 8.92. The van der Waals surface area contributed by atoms with E-state index in [1.54, 1.807) is 0 Å². The zero-order chi connectivity index (χ0) is 13.5. The van der Waals surface area contributed by atoms with Crippen molar-refractivity contribution in [1.82, 2.24) is 5.43 Å². The minimum atomic E-state index is 0.241. The van der Waals surface area contributed by atoms with Crippen LogP contribution in [-0.4, -0.2) is 11.0 Å². The fraction of sp³-hybridized carbons (Fsp3) is 0.600. The molecule has 0 fully saturated rings. The van der Waals surface area contributed by atoms with Crippen LogP contribution in [0.4, 0.5) is 0 Å². The average Bonchev–Trinajstić information content (AvgIpc) is 2.39. The molecular weight excluding hydrogens is 240 g/mol. The van der Waals surface area contributed by atoms with Gasteiger partial charge in [0.1, 0.15) is 0 Å². The van der Waals surface area contributed by atoms with E-state index < -0.39 is 0 Å². The third kappa shape index (κ3) is 4.63. The fourth-order valence-corrected chi connectivity index (χ4v) is 2.78. The first-order valence-corrected chi connectivity index (χ1v) is 7.80. The first-order chi connectivity index (χ1) is 8.58. The Morgan fingerprint density at radius 1 is 1.11 bits per heavy atom. The Kier molecular flexibility index (Phi) is 6.76. The van der Waals surface area contributed by atoms with Crippen molar-refractivity contribution in [1.29, 1.82) is 0 Å². The molecule has 0 aliphatic carbocycles. The summed E-state index contributed by atoms with van der Waals surface area (Å²) in [7, 11) is 0. The largest absolute Gasteiger partial charge is 0.271 e. The lowest BCUT2D eigenvalue weighted by atomic mass is 10.00. The lowest BCUT2D eigenvalue weighted by molar-refractivity contribution is 0.609. The van der Waals surface area contributed by atoms with Crippen molar-refractivity contribution in [3.8, 4) is 0 Å². The quantitative estimate of drug-likeness (QED) is 0.581. The third-order valence-corrected chi connectivity index (χ3v) is 4.76. The summed E-state index contributed by atoms with van der Waals surface area (Å²) in [6.07, 6.45) is 1.20. The molecule has 1 aromatic rings. The Morgan fingerprint density at radius 2 is 1.67 bits per heavy atom. The molecule has 0 aromatic heterocycles. The van der Waals surface area contributed by atoms with Crippen molar-refractivity contribution in [2.24, 2.45) is 5.84 Å². The van der Waals surface area contributed by atoms with E-state index in [1.807, 2.05) is 11.8 Å². The monoisotopic (exact) mass is 266 g/mol. The molecule has 0 aliphatic heterocycles. The minimum Gasteiger partial charge on any atom is -0.271 e. The molecule has 18 heavy (non-hydrogen) atoms. The van der Waals surface area contributed by atoms with E-state index >= 15 is 0 Å². The highest BCUT2D eigenvalue weighted by atomic mass is 32.2.